The molecule has 3 aromatic rings. The molecule has 0 fully saturated rings. The third kappa shape index (κ3) is 5.41. The Morgan fingerprint density at radius 3 is 2.22 bits per heavy atom. The second-order valence-corrected chi connectivity index (χ2v) is 6.97. The molecule has 0 spiro atoms. The molecule has 0 saturated heterocycles. The first-order valence-corrected chi connectivity index (χ1v) is 9.13. The van der Waals surface area contributed by atoms with Crippen LogP contribution in [-0.4, -0.2) is 21.8 Å². The Labute approximate surface area is 158 Å². The fourth-order valence-corrected chi connectivity index (χ4v) is 2.80. The average Bonchev–Trinajstić information content (AvgIpc) is 3.04. The molecule has 27 heavy (non-hydrogen) atoms. The fraction of sp³-hybridized carbons (Fsp3) is 0.286. The van der Waals surface area contributed by atoms with E-state index in [0.29, 0.717) is 30.9 Å². The van der Waals surface area contributed by atoms with Crippen LogP contribution in [0.15, 0.2) is 48.5 Å². The van der Waals surface area contributed by atoms with Crippen LogP contribution in [0.4, 0.5) is 11.4 Å². The maximum atomic E-state index is 12.2. The number of aromatic amines is 1. The summed E-state index contributed by atoms with van der Waals surface area (Å²) in [5.74, 6) is 1.03. The van der Waals surface area contributed by atoms with Gasteiger partial charge in [-0.1, -0.05) is 26.0 Å². The maximum absolute atomic E-state index is 12.2. The molecule has 0 aliphatic carbocycles. The lowest BCUT2D eigenvalue weighted by Crippen LogP contribution is -2.14. The van der Waals surface area contributed by atoms with Gasteiger partial charge >= 0.3 is 0 Å². The van der Waals surface area contributed by atoms with Gasteiger partial charge < -0.3 is 15.6 Å². The second kappa shape index (κ2) is 8.49. The zero-order chi connectivity index (χ0) is 19.2. The second-order valence-electron chi connectivity index (χ2n) is 6.97. The van der Waals surface area contributed by atoms with Crippen molar-refractivity contribution in [3.8, 4) is 0 Å². The third-order valence-corrected chi connectivity index (χ3v) is 4.07. The Kier molecular flexibility index (Phi) is 5.86. The van der Waals surface area contributed by atoms with Crippen molar-refractivity contribution >= 4 is 34.2 Å². The molecule has 1 heterocycles. The number of nitrogens with zero attached hydrogens (tertiary/aromatic N) is 1. The molecular weight excluding hydrogens is 340 g/mol. The minimum Gasteiger partial charge on any atom is -0.342 e. The van der Waals surface area contributed by atoms with E-state index in [4.69, 9.17) is 0 Å². The van der Waals surface area contributed by atoms with Crippen molar-refractivity contribution < 1.29 is 9.59 Å². The molecule has 0 bridgehead atoms. The van der Waals surface area contributed by atoms with Crippen molar-refractivity contribution in [1.29, 1.82) is 0 Å². The van der Waals surface area contributed by atoms with Crippen molar-refractivity contribution in [3.05, 3.63) is 54.4 Å². The molecule has 6 nitrogen and oxygen atoms in total. The number of anilines is 2. The van der Waals surface area contributed by atoms with E-state index in [0.717, 1.165) is 22.5 Å². The molecule has 1 aromatic heterocycles. The van der Waals surface area contributed by atoms with E-state index >= 15 is 0 Å². The van der Waals surface area contributed by atoms with Crippen LogP contribution >= 0.6 is 0 Å². The SMILES string of the molecule is CC(C)CC(=O)Nc1ccc(NC(=O)CCc2nc3ccccc3[nH]2)cc1. The van der Waals surface area contributed by atoms with E-state index in [1.54, 1.807) is 24.3 Å². The first-order chi connectivity index (χ1) is 13.0. The van der Waals surface area contributed by atoms with Crippen LogP contribution in [-0.2, 0) is 16.0 Å². The number of carbonyl (C=O) groups excluding carboxylic acids is 2. The highest BCUT2D eigenvalue weighted by Crippen LogP contribution is 2.16. The number of rotatable bonds is 7. The van der Waals surface area contributed by atoms with Crippen LogP contribution in [0.3, 0.4) is 0 Å². The Hall–Kier alpha value is -3.15. The number of para-hydroxylation sites is 2. The predicted molar refractivity (Wildman–Crippen MR) is 108 cm³/mol. The van der Waals surface area contributed by atoms with Gasteiger partial charge in [-0.2, -0.15) is 0 Å². The number of nitrogens with one attached hydrogen (secondary N) is 3. The fourth-order valence-electron chi connectivity index (χ4n) is 2.80. The van der Waals surface area contributed by atoms with Crippen LogP contribution in [0.25, 0.3) is 11.0 Å². The molecule has 2 amide bonds. The maximum Gasteiger partial charge on any atom is 0.224 e. The van der Waals surface area contributed by atoms with Crippen molar-refractivity contribution in [2.45, 2.75) is 33.1 Å². The number of carbonyl (C=O) groups is 2. The molecule has 0 atom stereocenters. The van der Waals surface area contributed by atoms with E-state index in [1.807, 2.05) is 38.1 Å². The van der Waals surface area contributed by atoms with Gasteiger partial charge in [0.25, 0.3) is 0 Å². The third-order valence-electron chi connectivity index (χ3n) is 4.07. The Balaban J connectivity index is 1.49. The first kappa shape index (κ1) is 18.6. The Bertz CT molecular complexity index is 896. The number of imidazole rings is 1. The molecule has 0 radical (unpaired) electrons. The van der Waals surface area contributed by atoms with E-state index in [2.05, 4.69) is 20.6 Å². The molecule has 0 aliphatic heterocycles. The number of H-pyrrole nitrogens is 1. The lowest BCUT2D eigenvalue weighted by atomic mass is 10.1. The summed E-state index contributed by atoms with van der Waals surface area (Å²) >= 11 is 0. The lowest BCUT2D eigenvalue weighted by molar-refractivity contribution is -0.117. The number of amides is 2. The van der Waals surface area contributed by atoms with Gasteiger partial charge in [-0.15, -0.1) is 0 Å². The Morgan fingerprint density at radius 2 is 1.59 bits per heavy atom. The zero-order valence-corrected chi connectivity index (χ0v) is 15.6. The number of benzene rings is 2. The van der Waals surface area contributed by atoms with Gasteiger partial charge in [-0.3, -0.25) is 9.59 Å². The van der Waals surface area contributed by atoms with Gasteiger partial charge in [0.1, 0.15) is 5.82 Å². The normalized spacial score (nSPS) is 10.9. The summed E-state index contributed by atoms with van der Waals surface area (Å²) in [6.07, 6.45) is 1.37. The highest BCUT2D eigenvalue weighted by Gasteiger charge is 2.08. The summed E-state index contributed by atoms with van der Waals surface area (Å²) < 4.78 is 0. The standard InChI is InChI=1S/C21H24N4O2/c1-14(2)13-21(27)23-16-9-7-15(8-10-16)22-20(26)12-11-19-24-17-5-3-4-6-18(17)25-19/h3-10,14H,11-13H2,1-2H3,(H,22,26)(H,23,27)(H,24,25). The van der Waals surface area contributed by atoms with Crippen molar-refractivity contribution in [1.82, 2.24) is 9.97 Å². The Morgan fingerprint density at radius 1 is 0.963 bits per heavy atom. The molecular formula is C21H24N4O2. The highest BCUT2D eigenvalue weighted by molar-refractivity contribution is 5.93. The van der Waals surface area contributed by atoms with E-state index in [9.17, 15) is 9.59 Å². The van der Waals surface area contributed by atoms with Gasteiger partial charge in [0.15, 0.2) is 0 Å². The van der Waals surface area contributed by atoms with Crippen molar-refractivity contribution in [2.24, 2.45) is 5.92 Å². The van der Waals surface area contributed by atoms with Gasteiger partial charge in [0.05, 0.1) is 11.0 Å². The topological polar surface area (TPSA) is 86.9 Å². The van der Waals surface area contributed by atoms with Gasteiger partial charge in [-0.25, -0.2) is 4.98 Å². The summed E-state index contributed by atoms with van der Waals surface area (Å²) in [6.45, 7) is 4.01. The quantitative estimate of drug-likeness (QED) is 0.589. The number of aromatic nitrogens is 2. The summed E-state index contributed by atoms with van der Waals surface area (Å²) in [6, 6.07) is 14.9. The number of fused-ring (bicyclic) bond motifs is 1. The summed E-state index contributed by atoms with van der Waals surface area (Å²) in [7, 11) is 0. The van der Waals surface area contributed by atoms with E-state index < -0.39 is 0 Å². The highest BCUT2D eigenvalue weighted by atomic mass is 16.2. The molecule has 6 heteroatoms. The van der Waals surface area contributed by atoms with E-state index in [1.165, 1.54) is 0 Å². The smallest absolute Gasteiger partial charge is 0.224 e. The van der Waals surface area contributed by atoms with Crippen LogP contribution < -0.4 is 10.6 Å². The molecule has 140 valence electrons. The molecule has 3 rings (SSSR count). The number of aryl methyl sites for hydroxylation is 1. The molecule has 0 unspecified atom stereocenters. The largest absolute Gasteiger partial charge is 0.342 e. The summed E-state index contributed by atoms with van der Waals surface area (Å²) in [5, 5.41) is 5.71. The molecule has 0 aliphatic rings. The number of hydrogen-bond donors (Lipinski definition) is 3. The molecule has 3 N–H and O–H groups in total. The minimum absolute atomic E-state index is 0.00683. The van der Waals surface area contributed by atoms with E-state index in [-0.39, 0.29) is 11.8 Å². The van der Waals surface area contributed by atoms with Crippen LogP contribution in [0, 0.1) is 5.92 Å². The van der Waals surface area contributed by atoms with Crippen LogP contribution in [0.5, 0.6) is 0 Å². The predicted octanol–water partition coefficient (Wildman–Crippen LogP) is 4.12. The average molecular weight is 364 g/mol. The summed E-state index contributed by atoms with van der Waals surface area (Å²) in [4.78, 5) is 31.6. The lowest BCUT2D eigenvalue weighted by Gasteiger charge is -2.09. The molecule has 2 aromatic carbocycles. The first-order valence-electron chi connectivity index (χ1n) is 9.13. The summed E-state index contributed by atoms with van der Waals surface area (Å²) in [5.41, 5.74) is 3.30. The minimum atomic E-state index is -0.0768. The number of hydrogen-bond acceptors (Lipinski definition) is 3. The van der Waals surface area contributed by atoms with Crippen LogP contribution in [0.2, 0.25) is 0 Å². The monoisotopic (exact) mass is 364 g/mol. The van der Waals surface area contributed by atoms with Gasteiger partial charge in [0, 0.05) is 30.6 Å². The van der Waals surface area contributed by atoms with Gasteiger partial charge in [-0.05, 0) is 42.3 Å². The van der Waals surface area contributed by atoms with Gasteiger partial charge in [0.2, 0.25) is 11.8 Å². The van der Waals surface area contributed by atoms with Crippen LogP contribution in [0.1, 0.15) is 32.5 Å². The molecule has 0 saturated carbocycles. The van der Waals surface area contributed by atoms with Crippen molar-refractivity contribution in [3.63, 3.8) is 0 Å². The van der Waals surface area contributed by atoms with Crippen molar-refractivity contribution in [2.75, 3.05) is 10.6 Å². The zero-order valence-electron chi connectivity index (χ0n) is 15.6.